The van der Waals surface area contributed by atoms with Crippen LogP contribution in [0.4, 0.5) is 11.6 Å². The molecule has 0 atom stereocenters. The van der Waals surface area contributed by atoms with Gasteiger partial charge in [0, 0.05) is 29.5 Å². The molecule has 39 heavy (non-hydrogen) atoms. The van der Waals surface area contributed by atoms with Gasteiger partial charge in [0.05, 0.1) is 22.8 Å². The highest BCUT2D eigenvalue weighted by Crippen LogP contribution is 2.36. The molecule has 0 saturated carbocycles. The molecule has 7 aromatic rings. The number of H-pyrrole nitrogens is 1. The minimum Gasteiger partial charge on any atom is -0.325 e. The number of hydrogen-bond acceptors (Lipinski definition) is 6. The first-order valence-electron chi connectivity index (χ1n) is 12.4. The van der Waals surface area contributed by atoms with Crippen molar-refractivity contribution in [2.75, 3.05) is 5.32 Å². The van der Waals surface area contributed by atoms with Gasteiger partial charge in [-0.1, -0.05) is 72.8 Å². The van der Waals surface area contributed by atoms with E-state index in [0.717, 1.165) is 33.2 Å². The van der Waals surface area contributed by atoms with E-state index in [1.807, 2.05) is 91.0 Å². The molecule has 2 N–H and O–H groups in total. The lowest BCUT2D eigenvalue weighted by Crippen LogP contribution is -2.20. The lowest BCUT2D eigenvalue weighted by atomic mass is 10.0. The Morgan fingerprint density at radius 2 is 1.51 bits per heavy atom. The molecule has 7 rings (SSSR count). The summed E-state index contributed by atoms with van der Waals surface area (Å²) in [5.41, 5.74) is 5.70. The quantitative estimate of drug-likeness (QED) is 0.292. The Hall–Kier alpha value is -5.63. The summed E-state index contributed by atoms with van der Waals surface area (Å²) < 4.78 is 1.45. The summed E-state index contributed by atoms with van der Waals surface area (Å²) in [6, 6.07) is 29.4. The van der Waals surface area contributed by atoms with Crippen LogP contribution in [-0.4, -0.2) is 29.5 Å². The Labute approximate surface area is 222 Å². The van der Waals surface area contributed by atoms with Crippen LogP contribution in [0, 0.1) is 0 Å². The van der Waals surface area contributed by atoms with Gasteiger partial charge >= 0.3 is 0 Å². The predicted molar refractivity (Wildman–Crippen MR) is 153 cm³/mol. The zero-order chi connectivity index (χ0) is 26.2. The number of anilines is 2. The summed E-state index contributed by atoms with van der Waals surface area (Å²) in [6.45, 7) is 0. The van der Waals surface area contributed by atoms with Crippen molar-refractivity contribution in [2.24, 2.45) is 0 Å². The Morgan fingerprint density at radius 1 is 0.718 bits per heavy atom. The van der Waals surface area contributed by atoms with Crippen LogP contribution >= 0.6 is 0 Å². The van der Waals surface area contributed by atoms with Gasteiger partial charge in [-0.3, -0.25) is 14.8 Å². The fourth-order valence-corrected chi connectivity index (χ4v) is 4.83. The standard InChI is InChI=1S/C31H21N7O/c39-31-27(23-13-14-24-22(18-23)12-7-15-33-24)29(35-25-19-32-16-17-34-25)36-30-26(20-8-3-1-4-9-20)28(37-38(30)31)21-10-5-2-6-11-21/h1-19,36H,(H,34,35). The van der Waals surface area contributed by atoms with Crippen LogP contribution in [0.3, 0.4) is 0 Å². The molecule has 8 nitrogen and oxygen atoms in total. The fraction of sp³-hybridized carbons (Fsp3) is 0. The van der Waals surface area contributed by atoms with Crippen molar-refractivity contribution >= 4 is 28.2 Å². The number of hydrogen-bond donors (Lipinski definition) is 2. The topological polar surface area (TPSA) is 101 Å². The molecular weight excluding hydrogens is 486 g/mol. The molecule has 4 aromatic heterocycles. The second-order valence-electron chi connectivity index (χ2n) is 9.02. The second-order valence-corrected chi connectivity index (χ2v) is 9.02. The summed E-state index contributed by atoms with van der Waals surface area (Å²) in [6.07, 6.45) is 6.56. The van der Waals surface area contributed by atoms with Gasteiger partial charge in [0.15, 0.2) is 0 Å². The first-order valence-corrected chi connectivity index (χ1v) is 12.4. The van der Waals surface area contributed by atoms with E-state index in [1.165, 1.54) is 4.52 Å². The SMILES string of the molecule is O=c1c(-c2ccc3ncccc3c2)c(Nc2cnccn2)[nH]c2c(-c3ccccc3)c(-c3ccccc3)nn12. The van der Waals surface area contributed by atoms with Gasteiger partial charge in [-0.15, -0.1) is 0 Å². The van der Waals surface area contributed by atoms with Crippen molar-refractivity contribution in [1.29, 1.82) is 0 Å². The first-order chi connectivity index (χ1) is 19.3. The third-order valence-corrected chi connectivity index (χ3v) is 6.60. The summed E-state index contributed by atoms with van der Waals surface area (Å²) in [7, 11) is 0. The Morgan fingerprint density at radius 3 is 2.28 bits per heavy atom. The average molecular weight is 508 g/mol. The molecule has 0 aliphatic carbocycles. The lowest BCUT2D eigenvalue weighted by Gasteiger charge is -2.13. The number of pyridine rings is 1. The molecule has 0 aliphatic rings. The van der Waals surface area contributed by atoms with Crippen molar-refractivity contribution in [3.05, 3.63) is 126 Å². The molecule has 0 fully saturated rings. The van der Waals surface area contributed by atoms with Crippen LogP contribution in [-0.2, 0) is 0 Å². The summed E-state index contributed by atoms with van der Waals surface area (Å²) >= 11 is 0. The predicted octanol–water partition coefficient (Wildman–Crippen LogP) is 6.11. The highest BCUT2D eigenvalue weighted by molar-refractivity contribution is 5.93. The van der Waals surface area contributed by atoms with Crippen LogP contribution in [0.2, 0.25) is 0 Å². The molecular formula is C31H21N7O. The van der Waals surface area contributed by atoms with Crippen LogP contribution in [0.1, 0.15) is 0 Å². The van der Waals surface area contributed by atoms with Crippen molar-refractivity contribution in [3.8, 4) is 33.5 Å². The van der Waals surface area contributed by atoms with Crippen LogP contribution in [0.5, 0.6) is 0 Å². The summed E-state index contributed by atoms with van der Waals surface area (Å²) in [5.74, 6) is 0.998. The van der Waals surface area contributed by atoms with Crippen molar-refractivity contribution in [3.63, 3.8) is 0 Å². The van der Waals surface area contributed by atoms with E-state index in [9.17, 15) is 4.79 Å². The van der Waals surface area contributed by atoms with E-state index in [0.29, 0.717) is 28.5 Å². The fourth-order valence-electron chi connectivity index (χ4n) is 4.83. The smallest absolute Gasteiger partial charge is 0.284 e. The Bertz CT molecular complexity index is 2000. The third kappa shape index (κ3) is 4.00. The van der Waals surface area contributed by atoms with E-state index in [4.69, 9.17) is 5.10 Å². The van der Waals surface area contributed by atoms with Crippen LogP contribution < -0.4 is 10.9 Å². The first kappa shape index (κ1) is 22.6. The van der Waals surface area contributed by atoms with Crippen LogP contribution in [0.25, 0.3) is 50.1 Å². The largest absolute Gasteiger partial charge is 0.325 e. The highest BCUT2D eigenvalue weighted by Gasteiger charge is 2.23. The zero-order valence-corrected chi connectivity index (χ0v) is 20.6. The number of benzene rings is 3. The molecule has 4 heterocycles. The highest BCUT2D eigenvalue weighted by atomic mass is 16.1. The average Bonchev–Trinajstić information content (AvgIpc) is 3.38. The summed E-state index contributed by atoms with van der Waals surface area (Å²) in [4.78, 5) is 30.8. The lowest BCUT2D eigenvalue weighted by molar-refractivity contribution is 0.907. The maximum absolute atomic E-state index is 14.3. The molecule has 0 unspecified atom stereocenters. The van der Waals surface area contributed by atoms with E-state index in [2.05, 4.69) is 25.3 Å². The summed E-state index contributed by atoms with van der Waals surface area (Å²) in [5, 5.41) is 9.08. The number of fused-ring (bicyclic) bond motifs is 2. The maximum atomic E-state index is 14.3. The number of nitrogens with one attached hydrogen (secondary N) is 2. The molecule has 0 saturated heterocycles. The molecule has 0 aliphatic heterocycles. The Balaban J connectivity index is 1.56. The minimum absolute atomic E-state index is 0.266. The van der Waals surface area contributed by atoms with Gasteiger partial charge in [-0.05, 0) is 29.3 Å². The molecule has 0 radical (unpaired) electrons. The van der Waals surface area contributed by atoms with E-state index >= 15 is 0 Å². The number of aromatic amines is 1. The van der Waals surface area contributed by atoms with Crippen molar-refractivity contribution < 1.29 is 0 Å². The van der Waals surface area contributed by atoms with Crippen molar-refractivity contribution in [2.45, 2.75) is 0 Å². The van der Waals surface area contributed by atoms with E-state index in [-0.39, 0.29) is 5.56 Å². The van der Waals surface area contributed by atoms with Crippen molar-refractivity contribution in [1.82, 2.24) is 29.5 Å². The molecule has 3 aromatic carbocycles. The third-order valence-electron chi connectivity index (χ3n) is 6.60. The molecule has 186 valence electrons. The molecule has 8 heteroatoms. The number of nitrogens with zero attached hydrogens (tertiary/aromatic N) is 5. The van der Waals surface area contributed by atoms with Gasteiger partial charge in [0.2, 0.25) is 0 Å². The van der Waals surface area contributed by atoms with Gasteiger partial charge in [-0.2, -0.15) is 9.61 Å². The van der Waals surface area contributed by atoms with Gasteiger partial charge < -0.3 is 10.3 Å². The van der Waals surface area contributed by atoms with E-state index < -0.39 is 0 Å². The Kier molecular flexibility index (Phi) is 5.41. The molecule has 0 amide bonds. The van der Waals surface area contributed by atoms with Gasteiger partial charge in [-0.25, -0.2) is 4.98 Å². The number of rotatable bonds is 5. The second kappa shape index (κ2) is 9.35. The molecule has 0 spiro atoms. The molecule has 0 bridgehead atoms. The van der Waals surface area contributed by atoms with E-state index in [1.54, 1.807) is 24.8 Å². The minimum atomic E-state index is -0.266. The monoisotopic (exact) mass is 507 g/mol. The van der Waals surface area contributed by atoms with Crippen LogP contribution in [0.15, 0.2) is 121 Å². The van der Waals surface area contributed by atoms with Gasteiger partial charge in [0.25, 0.3) is 5.56 Å². The number of aromatic nitrogens is 6. The van der Waals surface area contributed by atoms with Gasteiger partial charge in [0.1, 0.15) is 23.0 Å². The zero-order valence-electron chi connectivity index (χ0n) is 20.6. The maximum Gasteiger partial charge on any atom is 0.284 e. The normalized spacial score (nSPS) is 11.2.